The monoisotopic (exact) mass is 248 g/mol. The molecule has 1 saturated heterocycles. The Morgan fingerprint density at radius 3 is 2.00 bits per heavy atom. The fourth-order valence-electron chi connectivity index (χ4n) is 3.57. The van der Waals surface area contributed by atoms with E-state index in [1.165, 1.54) is 32.1 Å². The Morgan fingerprint density at radius 2 is 1.56 bits per heavy atom. The van der Waals surface area contributed by atoms with Crippen LogP contribution in [0.3, 0.4) is 0 Å². The summed E-state index contributed by atoms with van der Waals surface area (Å²) in [7, 11) is -0.135. The van der Waals surface area contributed by atoms with Crippen LogP contribution in [0.5, 0.6) is 0 Å². The Kier molecular flexibility index (Phi) is 2.91. The molecule has 100 valence electrons. The molecule has 4 aliphatic rings. The van der Waals surface area contributed by atoms with Gasteiger partial charge in [-0.3, -0.25) is 0 Å². The summed E-state index contributed by atoms with van der Waals surface area (Å²) in [6.07, 6.45) is 6.93. The van der Waals surface area contributed by atoms with Gasteiger partial charge >= 0.3 is 7.12 Å². The van der Waals surface area contributed by atoms with Gasteiger partial charge in [0.1, 0.15) is 0 Å². The molecule has 2 nitrogen and oxygen atoms in total. The van der Waals surface area contributed by atoms with Crippen LogP contribution >= 0.6 is 0 Å². The molecular formula is C15H25BO2. The second-order valence-corrected chi connectivity index (χ2v) is 7.29. The highest BCUT2D eigenvalue weighted by Crippen LogP contribution is 2.45. The summed E-state index contributed by atoms with van der Waals surface area (Å²) in [5.74, 6) is 4.03. The molecule has 3 heteroatoms. The van der Waals surface area contributed by atoms with Crippen LogP contribution < -0.4 is 0 Å². The zero-order valence-corrected chi connectivity index (χ0v) is 12.2. The number of hydrogen-bond donors (Lipinski definition) is 0. The highest BCUT2D eigenvalue weighted by molar-refractivity contribution is 6.51. The fraction of sp³-hybridized carbons (Fsp3) is 0.867. The van der Waals surface area contributed by atoms with Crippen molar-refractivity contribution < 1.29 is 9.31 Å². The highest BCUT2D eigenvalue weighted by Gasteiger charge is 2.50. The van der Waals surface area contributed by atoms with E-state index in [2.05, 4.69) is 33.7 Å². The molecule has 4 fully saturated rings. The molecule has 1 aliphatic heterocycles. The molecule has 0 amide bonds. The third-order valence-corrected chi connectivity index (χ3v) is 5.52. The van der Waals surface area contributed by atoms with E-state index in [4.69, 9.17) is 9.31 Å². The van der Waals surface area contributed by atoms with E-state index < -0.39 is 0 Å². The quantitative estimate of drug-likeness (QED) is 0.658. The maximum Gasteiger partial charge on any atom is 0.487 e. The van der Waals surface area contributed by atoms with Crippen molar-refractivity contribution in [2.24, 2.45) is 11.8 Å². The van der Waals surface area contributed by atoms with Gasteiger partial charge in [-0.05, 0) is 71.6 Å². The van der Waals surface area contributed by atoms with Crippen LogP contribution in [0.1, 0.15) is 59.8 Å². The molecule has 0 spiro atoms. The minimum Gasteiger partial charge on any atom is -0.400 e. The summed E-state index contributed by atoms with van der Waals surface area (Å²) in [6.45, 7) is 8.49. The third kappa shape index (κ3) is 2.06. The van der Waals surface area contributed by atoms with Crippen LogP contribution in [0.4, 0.5) is 0 Å². The van der Waals surface area contributed by atoms with Gasteiger partial charge in [0.15, 0.2) is 0 Å². The van der Waals surface area contributed by atoms with Gasteiger partial charge in [-0.15, -0.1) is 0 Å². The van der Waals surface area contributed by atoms with Gasteiger partial charge in [-0.2, -0.15) is 0 Å². The van der Waals surface area contributed by atoms with Crippen molar-refractivity contribution in [3.63, 3.8) is 0 Å². The van der Waals surface area contributed by atoms with Gasteiger partial charge in [0.2, 0.25) is 0 Å². The van der Waals surface area contributed by atoms with Gasteiger partial charge in [0.05, 0.1) is 11.2 Å². The fourth-order valence-corrected chi connectivity index (χ4v) is 3.57. The summed E-state index contributed by atoms with van der Waals surface area (Å²) < 4.78 is 12.2. The van der Waals surface area contributed by atoms with E-state index in [0.29, 0.717) is 0 Å². The van der Waals surface area contributed by atoms with E-state index in [1.54, 1.807) is 5.57 Å². The maximum absolute atomic E-state index is 6.08. The lowest BCUT2D eigenvalue weighted by Gasteiger charge is -2.38. The highest BCUT2D eigenvalue weighted by atomic mass is 16.7. The molecule has 0 aromatic rings. The molecule has 18 heavy (non-hydrogen) atoms. The van der Waals surface area contributed by atoms with Crippen LogP contribution in [-0.2, 0) is 9.31 Å². The molecular weight excluding hydrogens is 223 g/mol. The Hall–Kier alpha value is -0.275. The van der Waals surface area contributed by atoms with Crippen molar-refractivity contribution in [3.05, 3.63) is 11.5 Å². The minimum atomic E-state index is -0.206. The van der Waals surface area contributed by atoms with Crippen molar-refractivity contribution >= 4 is 7.12 Å². The van der Waals surface area contributed by atoms with Crippen LogP contribution in [0.25, 0.3) is 0 Å². The number of rotatable bonds is 1. The summed E-state index contributed by atoms with van der Waals surface area (Å²) in [4.78, 5) is 0. The molecule has 4 rings (SSSR count). The predicted octanol–water partition coefficient (Wildman–Crippen LogP) is 3.75. The van der Waals surface area contributed by atoms with E-state index in [0.717, 1.165) is 11.8 Å². The largest absolute Gasteiger partial charge is 0.487 e. The molecule has 0 aromatic carbocycles. The van der Waals surface area contributed by atoms with Gasteiger partial charge in [-0.25, -0.2) is 0 Å². The van der Waals surface area contributed by atoms with Crippen LogP contribution in [-0.4, -0.2) is 18.3 Å². The zero-order valence-electron chi connectivity index (χ0n) is 12.2. The first-order valence-electron chi connectivity index (χ1n) is 7.44. The molecule has 3 saturated carbocycles. The number of fused-ring (bicyclic) bond motifs is 3. The SMILES string of the molecule is CC1(C)OB(C=C2CC3CCC2CC3)OC1(C)C. The van der Waals surface area contributed by atoms with Crippen LogP contribution in [0, 0.1) is 11.8 Å². The van der Waals surface area contributed by atoms with Gasteiger partial charge in [0.25, 0.3) is 0 Å². The average Bonchev–Trinajstić information content (AvgIpc) is 2.48. The Morgan fingerprint density at radius 1 is 1.00 bits per heavy atom. The number of allylic oxidation sites excluding steroid dienone is 1. The first-order valence-corrected chi connectivity index (χ1v) is 7.44. The van der Waals surface area contributed by atoms with Crippen molar-refractivity contribution in [2.45, 2.75) is 71.0 Å². The van der Waals surface area contributed by atoms with E-state index in [9.17, 15) is 0 Å². The molecule has 0 N–H and O–H groups in total. The summed E-state index contributed by atoms with van der Waals surface area (Å²) in [5, 5.41) is 0. The topological polar surface area (TPSA) is 18.5 Å². The second-order valence-electron chi connectivity index (χ2n) is 7.29. The van der Waals surface area contributed by atoms with Crippen molar-refractivity contribution in [2.75, 3.05) is 0 Å². The first kappa shape index (κ1) is 12.7. The Bertz CT molecular complexity index is 349. The summed E-state index contributed by atoms with van der Waals surface area (Å²) in [6, 6.07) is 0. The molecule has 2 bridgehead atoms. The zero-order chi connectivity index (χ0) is 13.0. The van der Waals surface area contributed by atoms with Gasteiger partial charge in [-0.1, -0.05) is 11.5 Å². The second kappa shape index (κ2) is 4.11. The van der Waals surface area contributed by atoms with Gasteiger partial charge in [0, 0.05) is 0 Å². The summed E-state index contributed by atoms with van der Waals surface area (Å²) >= 11 is 0. The molecule has 0 radical (unpaired) electrons. The molecule has 3 aliphatic carbocycles. The normalized spacial score (nSPS) is 39.6. The number of hydrogen-bond acceptors (Lipinski definition) is 2. The van der Waals surface area contributed by atoms with Crippen LogP contribution in [0.15, 0.2) is 11.5 Å². The molecule has 1 heterocycles. The smallest absolute Gasteiger partial charge is 0.400 e. The lowest BCUT2D eigenvalue weighted by Crippen LogP contribution is -2.41. The Balaban J connectivity index is 1.74. The van der Waals surface area contributed by atoms with E-state index >= 15 is 0 Å². The Labute approximate surface area is 111 Å². The first-order chi connectivity index (χ1) is 8.37. The van der Waals surface area contributed by atoms with E-state index in [1.807, 2.05) is 0 Å². The van der Waals surface area contributed by atoms with Gasteiger partial charge < -0.3 is 9.31 Å². The lowest BCUT2D eigenvalue weighted by molar-refractivity contribution is 0.00578. The van der Waals surface area contributed by atoms with E-state index in [-0.39, 0.29) is 18.3 Å². The average molecular weight is 248 g/mol. The third-order valence-electron chi connectivity index (χ3n) is 5.52. The molecule has 0 atom stereocenters. The van der Waals surface area contributed by atoms with Crippen LogP contribution in [0.2, 0.25) is 0 Å². The van der Waals surface area contributed by atoms with Crippen molar-refractivity contribution in [1.29, 1.82) is 0 Å². The summed E-state index contributed by atoms with van der Waals surface area (Å²) in [5.41, 5.74) is 1.20. The van der Waals surface area contributed by atoms with Crippen molar-refractivity contribution in [3.8, 4) is 0 Å². The standard InChI is InChI=1S/C15H25BO2/c1-14(2)15(3,4)18-16(17-14)10-13-9-11-5-7-12(13)8-6-11/h10-12H,5-9H2,1-4H3. The van der Waals surface area contributed by atoms with Crippen molar-refractivity contribution in [1.82, 2.24) is 0 Å². The maximum atomic E-state index is 6.08. The minimum absolute atomic E-state index is 0.135. The lowest BCUT2D eigenvalue weighted by atomic mass is 9.65. The predicted molar refractivity (Wildman–Crippen MR) is 74.2 cm³/mol. The molecule has 0 aromatic heterocycles. The molecule has 0 unspecified atom stereocenters.